The molecule has 0 fully saturated rings. The van der Waals surface area contributed by atoms with E-state index in [1.54, 1.807) is 31.2 Å². The van der Waals surface area contributed by atoms with Crippen LogP contribution in [0.5, 0.6) is 0 Å². The van der Waals surface area contributed by atoms with E-state index >= 15 is 0 Å². The summed E-state index contributed by atoms with van der Waals surface area (Å²) in [5.74, 6) is -0.625. The van der Waals surface area contributed by atoms with Gasteiger partial charge in [-0.05, 0) is 37.6 Å². The second kappa shape index (κ2) is 9.04. The molecule has 2 N–H and O–H groups in total. The van der Waals surface area contributed by atoms with E-state index < -0.39 is 10.8 Å². The highest BCUT2D eigenvalue weighted by molar-refractivity contribution is 9.10. The Bertz CT molecular complexity index is 824. The average Bonchev–Trinajstić information content (AvgIpc) is 2.61. The van der Waals surface area contributed by atoms with Gasteiger partial charge in [-0.25, -0.2) is 0 Å². The highest BCUT2D eigenvalue weighted by atomic mass is 79.9. The minimum Gasteiger partial charge on any atom is -0.352 e. The summed E-state index contributed by atoms with van der Waals surface area (Å²) < 4.78 is 0.891. The number of benzene rings is 1. The monoisotopic (exact) mass is 420 g/mol. The van der Waals surface area contributed by atoms with E-state index in [1.165, 1.54) is 6.07 Å². The quantitative estimate of drug-likeness (QED) is 0.405. The Morgan fingerprint density at radius 2 is 1.77 bits per heavy atom. The average molecular weight is 421 g/mol. The zero-order valence-electron chi connectivity index (χ0n) is 14.0. The summed E-state index contributed by atoms with van der Waals surface area (Å²) >= 11 is 3.30. The molecule has 0 aliphatic heterocycles. The Kier molecular flexibility index (Phi) is 6.79. The number of aryl methyl sites for hydroxylation is 1. The number of carbonyl (C=O) groups is 2. The van der Waals surface area contributed by atoms with Crippen molar-refractivity contribution >= 4 is 33.4 Å². The first-order valence-corrected chi connectivity index (χ1v) is 8.61. The molecule has 2 aromatic rings. The standard InChI is InChI=1S/C17H17BrN4O4/c1-11-15(9-14(10-21-11)22(25)26)17(24)20-8-2-7-19-16(23)12-3-5-13(18)6-4-12/h3-6,9-10H,2,7-8H2,1H3,(H,19,23)(H,20,24). The van der Waals surface area contributed by atoms with Gasteiger partial charge >= 0.3 is 0 Å². The van der Waals surface area contributed by atoms with E-state index in [0.29, 0.717) is 30.8 Å². The second-order valence-electron chi connectivity index (χ2n) is 5.46. The lowest BCUT2D eigenvalue weighted by Crippen LogP contribution is -2.30. The third-order valence-electron chi connectivity index (χ3n) is 3.56. The Labute approximate surface area is 158 Å². The molecular weight excluding hydrogens is 404 g/mol. The van der Waals surface area contributed by atoms with Crippen LogP contribution in [0.2, 0.25) is 0 Å². The van der Waals surface area contributed by atoms with E-state index in [9.17, 15) is 19.7 Å². The van der Waals surface area contributed by atoms with Crippen LogP contribution < -0.4 is 10.6 Å². The van der Waals surface area contributed by atoms with Crippen molar-refractivity contribution in [2.24, 2.45) is 0 Å². The number of nitro groups is 1. The first-order chi connectivity index (χ1) is 12.4. The maximum Gasteiger partial charge on any atom is 0.288 e. The molecular formula is C17H17BrN4O4. The first kappa shape index (κ1) is 19.5. The fourth-order valence-corrected chi connectivity index (χ4v) is 2.41. The molecule has 0 spiro atoms. The lowest BCUT2D eigenvalue weighted by Gasteiger charge is -2.08. The molecule has 2 amide bonds. The maximum absolute atomic E-state index is 12.1. The van der Waals surface area contributed by atoms with Gasteiger partial charge in [-0.2, -0.15) is 0 Å². The highest BCUT2D eigenvalue weighted by Gasteiger charge is 2.15. The maximum atomic E-state index is 12.1. The molecule has 0 atom stereocenters. The molecule has 0 radical (unpaired) electrons. The van der Waals surface area contributed by atoms with E-state index in [2.05, 4.69) is 31.5 Å². The molecule has 136 valence electrons. The summed E-state index contributed by atoms with van der Waals surface area (Å²) in [5.41, 5.74) is 0.896. The molecule has 0 bridgehead atoms. The van der Waals surface area contributed by atoms with Gasteiger partial charge in [-0.1, -0.05) is 15.9 Å². The Morgan fingerprint density at radius 1 is 1.15 bits per heavy atom. The van der Waals surface area contributed by atoms with Crippen molar-refractivity contribution in [1.29, 1.82) is 0 Å². The zero-order chi connectivity index (χ0) is 19.1. The molecule has 0 aliphatic rings. The lowest BCUT2D eigenvalue weighted by molar-refractivity contribution is -0.385. The van der Waals surface area contributed by atoms with Gasteiger partial charge in [0.15, 0.2) is 0 Å². The molecule has 0 unspecified atom stereocenters. The van der Waals surface area contributed by atoms with Crippen molar-refractivity contribution in [3.05, 3.63) is 67.9 Å². The minimum absolute atomic E-state index is 0.165. The molecule has 1 heterocycles. The van der Waals surface area contributed by atoms with Gasteiger partial charge in [0.2, 0.25) is 0 Å². The molecule has 0 saturated heterocycles. The second-order valence-corrected chi connectivity index (χ2v) is 6.37. The van der Waals surface area contributed by atoms with Crippen LogP contribution in [0.15, 0.2) is 41.0 Å². The van der Waals surface area contributed by atoms with Gasteiger partial charge in [0.05, 0.1) is 16.2 Å². The number of nitrogens with zero attached hydrogens (tertiary/aromatic N) is 2. The fourth-order valence-electron chi connectivity index (χ4n) is 2.14. The van der Waals surface area contributed by atoms with E-state index in [4.69, 9.17) is 0 Å². The third-order valence-corrected chi connectivity index (χ3v) is 4.09. The SMILES string of the molecule is Cc1ncc([N+](=O)[O-])cc1C(=O)NCCCNC(=O)c1ccc(Br)cc1. The molecule has 26 heavy (non-hydrogen) atoms. The normalized spacial score (nSPS) is 10.2. The number of aromatic nitrogens is 1. The smallest absolute Gasteiger partial charge is 0.288 e. The van der Waals surface area contributed by atoms with Gasteiger partial charge in [0, 0.05) is 29.2 Å². The topological polar surface area (TPSA) is 114 Å². The predicted octanol–water partition coefficient (Wildman–Crippen LogP) is 2.61. The molecule has 0 aliphatic carbocycles. The molecule has 8 nitrogen and oxygen atoms in total. The summed E-state index contributed by atoms with van der Waals surface area (Å²) in [6.45, 7) is 2.32. The summed E-state index contributed by atoms with van der Waals surface area (Å²) in [6.07, 6.45) is 1.64. The zero-order valence-corrected chi connectivity index (χ0v) is 15.6. The summed E-state index contributed by atoms with van der Waals surface area (Å²) in [7, 11) is 0. The largest absolute Gasteiger partial charge is 0.352 e. The van der Waals surface area contributed by atoms with Gasteiger partial charge in [-0.3, -0.25) is 24.7 Å². The van der Waals surface area contributed by atoms with Crippen molar-refractivity contribution < 1.29 is 14.5 Å². The van der Waals surface area contributed by atoms with Crippen LogP contribution in [0.25, 0.3) is 0 Å². The Hall–Kier alpha value is -2.81. The molecule has 1 aromatic carbocycles. The van der Waals surface area contributed by atoms with Crippen LogP contribution in [0.1, 0.15) is 32.8 Å². The molecule has 2 rings (SSSR count). The van der Waals surface area contributed by atoms with Crippen molar-refractivity contribution in [2.75, 3.05) is 13.1 Å². The van der Waals surface area contributed by atoms with Crippen molar-refractivity contribution in [3.63, 3.8) is 0 Å². The molecule has 0 saturated carbocycles. The number of pyridine rings is 1. The fraction of sp³-hybridized carbons (Fsp3) is 0.235. The predicted molar refractivity (Wildman–Crippen MR) is 99.1 cm³/mol. The number of nitrogens with one attached hydrogen (secondary N) is 2. The lowest BCUT2D eigenvalue weighted by atomic mass is 10.2. The van der Waals surface area contributed by atoms with Crippen LogP contribution in [0.3, 0.4) is 0 Å². The van der Waals surface area contributed by atoms with Crippen LogP contribution in [0, 0.1) is 17.0 Å². The van der Waals surface area contributed by atoms with Gasteiger partial charge in [0.1, 0.15) is 6.20 Å². The van der Waals surface area contributed by atoms with E-state index in [0.717, 1.165) is 10.7 Å². The van der Waals surface area contributed by atoms with Crippen molar-refractivity contribution in [3.8, 4) is 0 Å². The van der Waals surface area contributed by atoms with E-state index in [1.807, 2.05) is 0 Å². The Balaban J connectivity index is 1.78. The van der Waals surface area contributed by atoms with Gasteiger partial charge < -0.3 is 10.6 Å². The number of hydrogen-bond acceptors (Lipinski definition) is 5. The highest BCUT2D eigenvalue weighted by Crippen LogP contribution is 2.14. The molecule has 1 aromatic heterocycles. The Morgan fingerprint density at radius 3 is 2.38 bits per heavy atom. The number of carbonyl (C=O) groups excluding carboxylic acids is 2. The van der Waals surface area contributed by atoms with Crippen molar-refractivity contribution in [2.45, 2.75) is 13.3 Å². The third kappa shape index (κ3) is 5.35. The minimum atomic E-state index is -0.596. The van der Waals surface area contributed by atoms with Crippen molar-refractivity contribution in [1.82, 2.24) is 15.6 Å². The van der Waals surface area contributed by atoms with Gasteiger partial charge in [-0.15, -0.1) is 0 Å². The molecule has 9 heteroatoms. The number of halogens is 1. The summed E-state index contributed by atoms with van der Waals surface area (Å²) in [6, 6.07) is 8.18. The van der Waals surface area contributed by atoms with Crippen LogP contribution in [0.4, 0.5) is 5.69 Å². The van der Waals surface area contributed by atoms with Crippen LogP contribution in [-0.4, -0.2) is 34.8 Å². The van der Waals surface area contributed by atoms with Crippen LogP contribution >= 0.6 is 15.9 Å². The number of hydrogen-bond donors (Lipinski definition) is 2. The van der Waals surface area contributed by atoms with Gasteiger partial charge in [0.25, 0.3) is 17.5 Å². The number of rotatable bonds is 7. The summed E-state index contributed by atoms with van der Waals surface area (Å²) in [4.78, 5) is 38.1. The number of amides is 2. The first-order valence-electron chi connectivity index (χ1n) is 7.81. The van der Waals surface area contributed by atoms with E-state index in [-0.39, 0.29) is 17.2 Å². The summed E-state index contributed by atoms with van der Waals surface area (Å²) in [5, 5.41) is 16.2. The van der Waals surface area contributed by atoms with Crippen LogP contribution in [-0.2, 0) is 0 Å².